The number of nitrogens with zero attached hydrogens (tertiary/aromatic N) is 1. The van der Waals surface area contributed by atoms with E-state index in [0.29, 0.717) is 5.02 Å². The number of benzene rings is 4. The van der Waals surface area contributed by atoms with Crippen LogP contribution in [0.1, 0.15) is 28.3 Å². The molecule has 0 aliphatic heterocycles. The average Bonchev–Trinajstić information content (AvgIpc) is 2.83. The maximum atomic E-state index is 13.6. The van der Waals surface area contributed by atoms with Gasteiger partial charge in [0.15, 0.2) is 4.90 Å². The Balaban J connectivity index is 1.94. The van der Waals surface area contributed by atoms with Gasteiger partial charge in [-0.1, -0.05) is 78.3 Å². The summed E-state index contributed by atoms with van der Waals surface area (Å²) in [7, 11) is -4.28. The Bertz CT molecular complexity index is 1500. The van der Waals surface area contributed by atoms with Gasteiger partial charge in [-0.2, -0.15) is 4.72 Å². The molecule has 178 valence electrons. The molecule has 0 saturated heterocycles. The number of nitrogens with one attached hydrogen (secondary N) is 1. The van der Waals surface area contributed by atoms with Crippen LogP contribution in [0.3, 0.4) is 0 Å². The fourth-order valence-electron chi connectivity index (χ4n) is 4.19. The molecule has 0 aliphatic rings. The summed E-state index contributed by atoms with van der Waals surface area (Å²) in [5.41, 5.74) is 4.48. The van der Waals surface area contributed by atoms with Crippen molar-refractivity contribution in [2.24, 2.45) is 0 Å². The lowest BCUT2D eigenvalue weighted by atomic mass is 9.87. The zero-order valence-corrected chi connectivity index (χ0v) is 20.7. The molecule has 0 heterocycles. The molecular weight excluding hydrogens is 484 g/mol. The molecule has 0 spiro atoms. The largest absolute Gasteiger partial charge is 0.289 e. The molecule has 4 aromatic carbocycles. The van der Waals surface area contributed by atoms with E-state index in [1.165, 1.54) is 24.3 Å². The van der Waals surface area contributed by atoms with Crippen LogP contribution in [0.5, 0.6) is 0 Å². The molecule has 35 heavy (non-hydrogen) atoms. The van der Waals surface area contributed by atoms with Crippen LogP contribution in [-0.2, 0) is 10.0 Å². The monoisotopic (exact) mass is 506 g/mol. The van der Waals surface area contributed by atoms with Gasteiger partial charge < -0.3 is 0 Å². The molecule has 4 aromatic rings. The topological polar surface area (TPSA) is 89.3 Å². The van der Waals surface area contributed by atoms with Gasteiger partial charge in [-0.15, -0.1) is 0 Å². The van der Waals surface area contributed by atoms with Crippen molar-refractivity contribution in [1.82, 2.24) is 4.72 Å². The lowest BCUT2D eigenvalue weighted by Crippen LogP contribution is -2.31. The van der Waals surface area contributed by atoms with Gasteiger partial charge in [-0.3, -0.25) is 10.1 Å². The van der Waals surface area contributed by atoms with E-state index in [2.05, 4.69) is 4.72 Å². The van der Waals surface area contributed by atoms with Crippen molar-refractivity contribution >= 4 is 27.3 Å². The molecule has 0 amide bonds. The fourth-order valence-corrected chi connectivity index (χ4v) is 5.67. The number of aryl methyl sites for hydroxylation is 2. The average molecular weight is 507 g/mol. The zero-order valence-electron chi connectivity index (χ0n) is 19.1. The highest BCUT2D eigenvalue weighted by atomic mass is 35.5. The minimum atomic E-state index is -4.28. The summed E-state index contributed by atoms with van der Waals surface area (Å²) in [4.78, 5) is 10.5. The van der Waals surface area contributed by atoms with E-state index >= 15 is 0 Å². The zero-order chi connectivity index (χ0) is 25.2. The predicted octanol–water partition coefficient (Wildman–Crippen LogP) is 6.60. The van der Waals surface area contributed by atoms with Crippen molar-refractivity contribution in [1.29, 1.82) is 0 Å². The van der Waals surface area contributed by atoms with Gasteiger partial charge >= 0.3 is 0 Å². The van der Waals surface area contributed by atoms with Gasteiger partial charge in [0.2, 0.25) is 10.0 Å². The van der Waals surface area contributed by atoms with Gasteiger partial charge in [0.1, 0.15) is 0 Å². The first-order valence-electron chi connectivity index (χ1n) is 10.9. The van der Waals surface area contributed by atoms with E-state index in [1.54, 1.807) is 12.1 Å². The first kappa shape index (κ1) is 24.6. The van der Waals surface area contributed by atoms with Crippen LogP contribution in [0.4, 0.5) is 5.69 Å². The lowest BCUT2D eigenvalue weighted by Gasteiger charge is -2.26. The molecule has 1 atom stereocenters. The molecule has 0 aromatic heterocycles. The van der Waals surface area contributed by atoms with Crippen LogP contribution >= 0.6 is 11.6 Å². The Morgan fingerprint density at radius 3 is 2.14 bits per heavy atom. The van der Waals surface area contributed by atoms with E-state index in [1.807, 2.05) is 68.4 Å². The molecule has 4 rings (SSSR count). The molecule has 0 radical (unpaired) electrons. The summed E-state index contributed by atoms with van der Waals surface area (Å²) in [6.45, 7) is 3.82. The van der Waals surface area contributed by atoms with E-state index in [-0.39, 0.29) is 4.90 Å². The molecule has 0 aliphatic carbocycles. The Morgan fingerprint density at radius 1 is 0.829 bits per heavy atom. The van der Waals surface area contributed by atoms with Crippen molar-refractivity contribution in [2.75, 3.05) is 0 Å². The highest BCUT2D eigenvalue weighted by Gasteiger charge is 2.31. The SMILES string of the molecule is Cc1ccccc1C(NS(=O)(=O)c1ccccc1[N+](=O)[O-])c1c(C)cccc1-c1ccc(Cl)cc1. The molecule has 8 heteroatoms. The minimum Gasteiger partial charge on any atom is -0.258 e. The normalized spacial score (nSPS) is 12.3. The van der Waals surface area contributed by atoms with Gasteiger partial charge in [0, 0.05) is 11.1 Å². The number of rotatable bonds is 7. The lowest BCUT2D eigenvalue weighted by molar-refractivity contribution is -0.387. The fraction of sp³-hybridized carbons (Fsp3) is 0.111. The number of nitro benzene ring substituents is 1. The van der Waals surface area contributed by atoms with Gasteiger partial charge in [-0.25, -0.2) is 8.42 Å². The van der Waals surface area contributed by atoms with E-state index in [0.717, 1.165) is 33.4 Å². The highest BCUT2D eigenvalue weighted by Crippen LogP contribution is 2.37. The molecule has 0 fully saturated rings. The quantitative estimate of drug-likeness (QED) is 0.226. The number of hydrogen-bond acceptors (Lipinski definition) is 4. The number of sulfonamides is 1. The number of nitro groups is 1. The Labute approximate surface area is 209 Å². The van der Waals surface area contributed by atoms with Crippen LogP contribution in [0.2, 0.25) is 5.02 Å². The number of hydrogen-bond donors (Lipinski definition) is 1. The summed E-state index contributed by atoms with van der Waals surface area (Å²) < 4.78 is 30.0. The third-order valence-corrected chi connectivity index (χ3v) is 7.61. The summed E-state index contributed by atoms with van der Waals surface area (Å²) in [5, 5.41) is 12.2. The summed E-state index contributed by atoms with van der Waals surface area (Å²) >= 11 is 6.10. The first-order chi connectivity index (χ1) is 16.7. The number of para-hydroxylation sites is 1. The molecule has 1 unspecified atom stereocenters. The minimum absolute atomic E-state index is 0.384. The molecule has 0 saturated carbocycles. The summed E-state index contributed by atoms with van der Waals surface area (Å²) in [6, 6.07) is 25.1. The van der Waals surface area contributed by atoms with E-state index in [4.69, 9.17) is 11.6 Å². The number of halogens is 1. The Hall–Kier alpha value is -3.52. The third kappa shape index (κ3) is 5.12. The van der Waals surface area contributed by atoms with Crippen molar-refractivity contribution < 1.29 is 13.3 Å². The van der Waals surface area contributed by atoms with Gasteiger partial charge in [0.25, 0.3) is 5.69 Å². The molecular formula is C27H23ClN2O4S. The van der Waals surface area contributed by atoms with Crippen molar-refractivity contribution in [3.8, 4) is 11.1 Å². The predicted molar refractivity (Wildman–Crippen MR) is 138 cm³/mol. The highest BCUT2D eigenvalue weighted by molar-refractivity contribution is 7.89. The summed E-state index contributed by atoms with van der Waals surface area (Å²) in [6.07, 6.45) is 0. The molecule has 0 bridgehead atoms. The molecule has 1 N–H and O–H groups in total. The van der Waals surface area contributed by atoms with E-state index < -0.39 is 26.7 Å². The van der Waals surface area contributed by atoms with Crippen LogP contribution < -0.4 is 4.72 Å². The van der Waals surface area contributed by atoms with Crippen LogP contribution in [0, 0.1) is 24.0 Å². The second-order valence-electron chi connectivity index (χ2n) is 8.18. The van der Waals surface area contributed by atoms with Gasteiger partial charge in [0.05, 0.1) is 11.0 Å². The Morgan fingerprint density at radius 2 is 1.46 bits per heavy atom. The second kappa shape index (κ2) is 10.00. The third-order valence-electron chi connectivity index (χ3n) is 5.89. The molecule has 6 nitrogen and oxygen atoms in total. The second-order valence-corrected chi connectivity index (χ2v) is 10.3. The standard InChI is InChI=1S/C27H23ClN2O4S/c1-18-8-3-4-10-22(18)27(29-35(33,34)25-13-6-5-12-24(25)30(31)32)26-19(2)9-7-11-23(26)20-14-16-21(28)17-15-20/h3-17,27,29H,1-2H3. The van der Waals surface area contributed by atoms with Crippen molar-refractivity contribution in [3.63, 3.8) is 0 Å². The summed E-state index contributed by atoms with van der Waals surface area (Å²) in [5.74, 6) is 0. The maximum Gasteiger partial charge on any atom is 0.289 e. The van der Waals surface area contributed by atoms with Crippen LogP contribution in [0.15, 0.2) is 95.9 Å². The first-order valence-corrected chi connectivity index (χ1v) is 12.7. The van der Waals surface area contributed by atoms with E-state index in [9.17, 15) is 18.5 Å². The van der Waals surface area contributed by atoms with Crippen LogP contribution in [0.25, 0.3) is 11.1 Å². The van der Waals surface area contributed by atoms with Gasteiger partial charge in [-0.05, 0) is 65.4 Å². The Kier molecular flexibility index (Phi) is 7.03. The van der Waals surface area contributed by atoms with Crippen molar-refractivity contribution in [3.05, 3.63) is 128 Å². The van der Waals surface area contributed by atoms with Crippen molar-refractivity contribution in [2.45, 2.75) is 24.8 Å². The van der Waals surface area contributed by atoms with Crippen LogP contribution in [-0.4, -0.2) is 13.3 Å². The smallest absolute Gasteiger partial charge is 0.258 e. The maximum absolute atomic E-state index is 13.6.